The molecule has 2 aliphatic carbocycles. The molecule has 2 amide bonds. The van der Waals surface area contributed by atoms with Crippen molar-refractivity contribution in [3.63, 3.8) is 0 Å². The zero-order valence-corrected chi connectivity index (χ0v) is 9.74. The summed E-state index contributed by atoms with van der Waals surface area (Å²) in [6.45, 7) is 0.797. The van der Waals surface area contributed by atoms with Gasteiger partial charge in [-0.15, -0.1) is 0 Å². The van der Waals surface area contributed by atoms with E-state index in [9.17, 15) is 9.90 Å². The van der Waals surface area contributed by atoms with Crippen LogP contribution in [-0.4, -0.2) is 29.8 Å². The van der Waals surface area contributed by atoms with Gasteiger partial charge in [-0.05, 0) is 38.0 Å². The molecule has 2 aliphatic rings. The highest BCUT2D eigenvalue weighted by molar-refractivity contribution is 5.74. The van der Waals surface area contributed by atoms with Crippen molar-refractivity contribution >= 4 is 6.03 Å². The quantitative estimate of drug-likeness (QED) is 0.678. The molecule has 0 unspecified atom stereocenters. The van der Waals surface area contributed by atoms with Crippen LogP contribution < -0.4 is 10.6 Å². The molecular formula is C12H22N2O2. The number of amides is 2. The van der Waals surface area contributed by atoms with Crippen LogP contribution in [0.3, 0.4) is 0 Å². The third kappa shape index (κ3) is 4.00. The first kappa shape index (κ1) is 11.7. The fourth-order valence-corrected chi connectivity index (χ4v) is 2.25. The van der Waals surface area contributed by atoms with Crippen LogP contribution in [0, 0.1) is 5.92 Å². The van der Waals surface area contributed by atoms with Crippen LogP contribution in [0.15, 0.2) is 0 Å². The first-order valence-corrected chi connectivity index (χ1v) is 6.46. The van der Waals surface area contributed by atoms with Gasteiger partial charge in [0.2, 0.25) is 0 Å². The van der Waals surface area contributed by atoms with Crippen LogP contribution in [0.5, 0.6) is 0 Å². The highest BCUT2D eigenvalue weighted by atomic mass is 16.3. The Hall–Kier alpha value is -0.770. The van der Waals surface area contributed by atoms with Crippen molar-refractivity contribution in [3.8, 4) is 0 Å². The van der Waals surface area contributed by atoms with Crippen molar-refractivity contribution < 1.29 is 9.90 Å². The second-order valence-corrected chi connectivity index (χ2v) is 5.14. The minimum Gasteiger partial charge on any atom is -0.393 e. The van der Waals surface area contributed by atoms with Crippen molar-refractivity contribution in [2.24, 2.45) is 5.92 Å². The van der Waals surface area contributed by atoms with Gasteiger partial charge in [-0.25, -0.2) is 4.79 Å². The van der Waals surface area contributed by atoms with Crippen LogP contribution in [0.4, 0.5) is 4.79 Å². The van der Waals surface area contributed by atoms with Crippen LogP contribution in [0.25, 0.3) is 0 Å². The fraction of sp³-hybridized carbons (Fsp3) is 0.917. The number of urea groups is 1. The molecule has 0 atom stereocenters. The Morgan fingerprint density at radius 2 is 1.81 bits per heavy atom. The Labute approximate surface area is 96.8 Å². The van der Waals surface area contributed by atoms with E-state index in [1.807, 2.05) is 0 Å². The van der Waals surface area contributed by atoms with E-state index in [0.717, 1.165) is 44.6 Å². The summed E-state index contributed by atoms with van der Waals surface area (Å²) < 4.78 is 0. The van der Waals surface area contributed by atoms with Gasteiger partial charge in [-0.2, -0.15) is 0 Å². The van der Waals surface area contributed by atoms with Gasteiger partial charge >= 0.3 is 6.03 Å². The molecule has 0 aliphatic heterocycles. The molecule has 0 spiro atoms. The van der Waals surface area contributed by atoms with E-state index >= 15 is 0 Å². The average Bonchev–Trinajstić information content (AvgIpc) is 3.05. The van der Waals surface area contributed by atoms with Crippen molar-refractivity contribution in [3.05, 3.63) is 0 Å². The van der Waals surface area contributed by atoms with Gasteiger partial charge < -0.3 is 15.7 Å². The summed E-state index contributed by atoms with van der Waals surface area (Å²) in [5.74, 6) is 0.866. The van der Waals surface area contributed by atoms with Gasteiger partial charge in [-0.3, -0.25) is 0 Å². The number of carbonyl (C=O) groups is 1. The van der Waals surface area contributed by atoms with Crippen molar-refractivity contribution in [1.29, 1.82) is 0 Å². The second-order valence-electron chi connectivity index (χ2n) is 5.14. The molecule has 2 fully saturated rings. The predicted molar refractivity (Wildman–Crippen MR) is 62.1 cm³/mol. The highest BCUT2D eigenvalue weighted by Crippen LogP contribution is 2.31. The minimum atomic E-state index is -0.157. The number of aliphatic hydroxyl groups is 1. The molecule has 0 aromatic heterocycles. The molecular weight excluding hydrogens is 204 g/mol. The van der Waals surface area contributed by atoms with E-state index in [-0.39, 0.29) is 18.2 Å². The maximum absolute atomic E-state index is 11.5. The summed E-state index contributed by atoms with van der Waals surface area (Å²) in [5.41, 5.74) is 0. The van der Waals surface area contributed by atoms with Gasteiger partial charge in [0.25, 0.3) is 0 Å². The van der Waals surface area contributed by atoms with E-state index in [0.29, 0.717) is 0 Å². The molecule has 2 saturated carbocycles. The summed E-state index contributed by atoms with van der Waals surface area (Å²) in [6.07, 6.45) is 7.06. The molecule has 0 saturated heterocycles. The summed E-state index contributed by atoms with van der Waals surface area (Å²) in [4.78, 5) is 11.5. The molecule has 2 rings (SSSR count). The van der Waals surface area contributed by atoms with E-state index < -0.39 is 0 Å². The number of rotatable bonds is 4. The lowest BCUT2D eigenvalue weighted by molar-refractivity contribution is 0.117. The normalized spacial score (nSPS) is 29.8. The van der Waals surface area contributed by atoms with Gasteiger partial charge in [0.1, 0.15) is 0 Å². The summed E-state index contributed by atoms with van der Waals surface area (Å²) in [5, 5.41) is 15.2. The van der Waals surface area contributed by atoms with E-state index in [1.54, 1.807) is 0 Å². The average molecular weight is 226 g/mol. The van der Waals surface area contributed by atoms with Gasteiger partial charge in [0, 0.05) is 12.6 Å². The lowest BCUT2D eigenvalue weighted by atomic mass is 9.93. The first-order valence-electron chi connectivity index (χ1n) is 6.46. The Morgan fingerprint density at radius 1 is 1.12 bits per heavy atom. The SMILES string of the molecule is O=C(NCCC1CC1)NC1CCC(O)CC1. The van der Waals surface area contributed by atoms with Crippen LogP contribution in [0.2, 0.25) is 0 Å². The Balaban J connectivity index is 1.55. The summed E-state index contributed by atoms with van der Waals surface area (Å²) in [7, 11) is 0. The topological polar surface area (TPSA) is 61.4 Å². The van der Waals surface area contributed by atoms with Crippen molar-refractivity contribution in [1.82, 2.24) is 10.6 Å². The number of hydrogen-bond donors (Lipinski definition) is 3. The maximum atomic E-state index is 11.5. The molecule has 0 aromatic rings. The van der Waals surface area contributed by atoms with Crippen molar-refractivity contribution in [2.75, 3.05) is 6.54 Å². The molecule has 3 N–H and O–H groups in total. The highest BCUT2D eigenvalue weighted by Gasteiger charge is 2.22. The summed E-state index contributed by atoms with van der Waals surface area (Å²) >= 11 is 0. The number of nitrogens with one attached hydrogen (secondary N) is 2. The van der Waals surface area contributed by atoms with Crippen LogP contribution >= 0.6 is 0 Å². The molecule has 0 heterocycles. The number of hydrogen-bond acceptors (Lipinski definition) is 2. The Bertz CT molecular complexity index is 233. The third-order valence-corrected chi connectivity index (χ3v) is 3.57. The molecule has 0 bridgehead atoms. The van der Waals surface area contributed by atoms with Crippen LogP contribution in [-0.2, 0) is 0 Å². The molecule has 4 nitrogen and oxygen atoms in total. The zero-order chi connectivity index (χ0) is 11.4. The largest absolute Gasteiger partial charge is 0.393 e. The standard InChI is InChI=1S/C12H22N2O2/c15-11-5-3-10(4-6-11)14-12(16)13-8-7-9-1-2-9/h9-11,15H,1-8H2,(H2,13,14,16). The summed E-state index contributed by atoms with van der Waals surface area (Å²) in [6, 6.07) is 0.214. The Kier molecular flexibility index (Phi) is 4.04. The van der Waals surface area contributed by atoms with Gasteiger partial charge in [0.15, 0.2) is 0 Å². The Morgan fingerprint density at radius 3 is 2.44 bits per heavy atom. The van der Waals surface area contributed by atoms with Gasteiger partial charge in [-0.1, -0.05) is 12.8 Å². The molecule has 4 heteroatoms. The second kappa shape index (κ2) is 5.53. The lowest BCUT2D eigenvalue weighted by Crippen LogP contribution is -2.44. The molecule has 0 radical (unpaired) electrons. The van der Waals surface area contributed by atoms with Crippen molar-refractivity contribution in [2.45, 2.75) is 57.1 Å². The minimum absolute atomic E-state index is 0.0398. The molecule has 16 heavy (non-hydrogen) atoms. The molecule has 92 valence electrons. The number of carbonyl (C=O) groups excluding carboxylic acids is 1. The van der Waals surface area contributed by atoms with Crippen LogP contribution in [0.1, 0.15) is 44.9 Å². The predicted octanol–water partition coefficient (Wildman–Crippen LogP) is 1.39. The molecule has 0 aromatic carbocycles. The van der Waals surface area contributed by atoms with E-state index in [4.69, 9.17) is 0 Å². The monoisotopic (exact) mass is 226 g/mol. The van der Waals surface area contributed by atoms with E-state index in [2.05, 4.69) is 10.6 Å². The fourth-order valence-electron chi connectivity index (χ4n) is 2.25. The van der Waals surface area contributed by atoms with Gasteiger partial charge in [0.05, 0.1) is 6.10 Å². The maximum Gasteiger partial charge on any atom is 0.315 e. The first-order chi connectivity index (χ1) is 7.74. The number of aliphatic hydroxyl groups excluding tert-OH is 1. The zero-order valence-electron chi connectivity index (χ0n) is 9.74. The third-order valence-electron chi connectivity index (χ3n) is 3.57. The smallest absolute Gasteiger partial charge is 0.315 e. The lowest BCUT2D eigenvalue weighted by Gasteiger charge is -2.26. The van der Waals surface area contributed by atoms with E-state index in [1.165, 1.54) is 12.8 Å².